The zero-order valence-corrected chi connectivity index (χ0v) is 20.7. The molecule has 3 aromatic carbocycles. The molecule has 2 heterocycles. The van der Waals surface area contributed by atoms with Crippen molar-refractivity contribution >= 4 is 28.6 Å². The summed E-state index contributed by atoms with van der Waals surface area (Å²) in [6.45, 7) is 4.62. The van der Waals surface area contributed by atoms with Gasteiger partial charge in [0.05, 0.1) is 5.25 Å². The van der Waals surface area contributed by atoms with Crippen LogP contribution in [0.2, 0.25) is 0 Å². The van der Waals surface area contributed by atoms with Crippen LogP contribution in [0.25, 0.3) is 0 Å². The molecular formula is C29H30N2O3S. The minimum atomic E-state index is -0.347. The first-order chi connectivity index (χ1) is 17.1. The Hall–Kier alpha value is -3.25. The fraction of sp³-hybridized carbons (Fsp3) is 0.310. The molecule has 1 saturated heterocycles. The standard InChI is InChI=1S/C29H30N2O3S/c1-20(27-28(32)30-29(33)35-27)23-11-14-26-24(18-23)8-5-16-31(26)17-15-21-9-12-25(13-10-21)34-19-22-6-3-2-4-7-22/h2-4,6-7,9-14,18,20,27H,5,8,15-17,19H2,1H3,(H,30,32,33). The molecule has 5 nitrogen and oxygen atoms in total. The van der Waals surface area contributed by atoms with Gasteiger partial charge in [-0.2, -0.15) is 0 Å². The van der Waals surface area contributed by atoms with Crippen molar-refractivity contribution in [2.24, 2.45) is 0 Å². The van der Waals surface area contributed by atoms with Crippen molar-refractivity contribution in [3.8, 4) is 5.75 Å². The normalized spacial score (nSPS) is 18.2. The maximum absolute atomic E-state index is 12.1. The summed E-state index contributed by atoms with van der Waals surface area (Å²) < 4.78 is 5.91. The molecule has 5 rings (SSSR count). The number of hydrogen-bond acceptors (Lipinski definition) is 5. The monoisotopic (exact) mass is 486 g/mol. The van der Waals surface area contributed by atoms with Gasteiger partial charge in [0.15, 0.2) is 0 Å². The number of fused-ring (bicyclic) bond motifs is 1. The average Bonchev–Trinajstić information content (AvgIpc) is 3.24. The Morgan fingerprint density at radius 2 is 1.83 bits per heavy atom. The fourth-order valence-electron chi connectivity index (χ4n) is 4.84. The Morgan fingerprint density at radius 3 is 2.57 bits per heavy atom. The number of imide groups is 1. The van der Waals surface area contributed by atoms with E-state index in [1.165, 1.54) is 16.8 Å². The lowest BCUT2D eigenvalue weighted by atomic mass is 9.91. The summed E-state index contributed by atoms with van der Waals surface area (Å²) in [5, 5.41) is 1.82. The first-order valence-corrected chi connectivity index (χ1v) is 13.1. The first-order valence-electron chi connectivity index (χ1n) is 12.2. The number of nitrogens with zero attached hydrogens (tertiary/aromatic N) is 1. The van der Waals surface area contributed by atoms with E-state index in [9.17, 15) is 9.59 Å². The molecule has 2 aliphatic rings. The van der Waals surface area contributed by atoms with Gasteiger partial charge in [-0.3, -0.25) is 14.9 Å². The first kappa shape index (κ1) is 23.5. The van der Waals surface area contributed by atoms with Crippen LogP contribution in [-0.4, -0.2) is 29.5 Å². The van der Waals surface area contributed by atoms with Gasteiger partial charge in [-0.05, 0) is 59.7 Å². The molecule has 2 amide bonds. The van der Waals surface area contributed by atoms with E-state index in [-0.39, 0.29) is 22.3 Å². The zero-order chi connectivity index (χ0) is 24.2. The number of anilines is 1. The number of rotatable bonds is 8. The molecule has 0 radical (unpaired) electrons. The maximum Gasteiger partial charge on any atom is 0.286 e. The van der Waals surface area contributed by atoms with Crippen LogP contribution in [0.4, 0.5) is 10.5 Å². The van der Waals surface area contributed by atoms with Crippen molar-refractivity contribution in [1.82, 2.24) is 5.32 Å². The number of nitrogens with one attached hydrogen (secondary N) is 1. The minimum absolute atomic E-state index is 0.00486. The predicted molar refractivity (Wildman–Crippen MR) is 141 cm³/mol. The maximum atomic E-state index is 12.1. The highest BCUT2D eigenvalue weighted by atomic mass is 32.2. The van der Waals surface area contributed by atoms with E-state index in [0.717, 1.165) is 61.0 Å². The Bertz CT molecular complexity index is 1200. The van der Waals surface area contributed by atoms with E-state index in [2.05, 4.69) is 64.8 Å². The fourth-order valence-corrected chi connectivity index (χ4v) is 5.76. The molecule has 180 valence electrons. The van der Waals surface area contributed by atoms with Gasteiger partial charge >= 0.3 is 0 Å². The molecule has 0 spiro atoms. The van der Waals surface area contributed by atoms with E-state index >= 15 is 0 Å². The molecule has 35 heavy (non-hydrogen) atoms. The Balaban J connectivity index is 1.19. The molecule has 2 unspecified atom stereocenters. The number of carbonyl (C=O) groups excluding carboxylic acids is 2. The number of amides is 2. The number of aryl methyl sites for hydroxylation is 1. The van der Waals surface area contributed by atoms with Gasteiger partial charge in [-0.15, -0.1) is 0 Å². The zero-order valence-electron chi connectivity index (χ0n) is 19.9. The summed E-state index contributed by atoms with van der Waals surface area (Å²) in [5.74, 6) is 0.705. The minimum Gasteiger partial charge on any atom is -0.489 e. The number of benzene rings is 3. The van der Waals surface area contributed by atoms with Gasteiger partial charge in [0.2, 0.25) is 5.91 Å². The summed E-state index contributed by atoms with van der Waals surface area (Å²) in [5.41, 5.74) is 6.20. The third-order valence-electron chi connectivity index (χ3n) is 6.86. The van der Waals surface area contributed by atoms with E-state index in [1.54, 1.807) is 0 Å². The molecule has 6 heteroatoms. The molecule has 1 fully saturated rings. The highest BCUT2D eigenvalue weighted by molar-refractivity contribution is 8.15. The van der Waals surface area contributed by atoms with Crippen molar-refractivity contribution in [2.75, 3.05) is 18.0 Å². The van der Waals surface area contributed by atoms with Crippen LogP contribution in [0.1, 0.15) is 41.5 Å². The highest BCUT2D eigenvalue weighted by Gasteiger charge is 2.36. The topological polar surface area (TPSA) is 58.6 Å². The largest absolute Gasteiger partial charge is 0.489 e. The number of thioether (sulfide) groups is 1. The van der Waals surface area contributed by atoms with Crippen LogP contribution in [0.3, 0.4) is 0 Å². The number of carbonyl (C=O) groups is 2. The molecular weight excluding hydrogens is 456 g/mol. The molecule has 2 atom stereocenters. The smallest absolute Gasteiger partial charge is 0.286 e. The van der Waals surface area contributed by atoms with Crippen LogP contribution >= 0.6 is 11.8 Å². The van der Waals surface area contributed by atoms with Gasteiger partial charge < -0.3 is 9.64 Å². The summed E-state index contributed by atoms with van der Waals surface area (Å²) in [4.78, 5) is 26.2. The average molecular weight is 487 g/mol. The molecule has 0 aliphatic carbocycles. The highest BCUT2D eigenvalue weighted by Crippen LogP contribution is 2.36. The van der Waals surface area contributed by atoms with Gasteiger partial charge in [-0.1, -0.05) is 73.3 Å². The Morgan fingerprint density at radius 1 is 1.03 bits per heavy atom. The quantitative estimate of drug-likeness (QED) is 0.442. The van der Waals surface area contributed by atoms with Crippen LogP contribution in [-0.2, 0) is 24.2 Å². The third kappa shape index (κ3) is 5.54. The van der Waals surface area contributed by atoms with Crippen molar-refractivity contribution in [1.29, 1.82) is 0 Å². The van der Waals surface area contributed by atoms with Gasteiger partial charge in [0, 0.05) is 24.7 Å². The summed E-state index contributed by atoms with van der Waals surface area (Å²) >= 11 is 1.10. The second-order valence-corrected chi connectivity index (χ2v) is 10.4. The van der Waals surface area contributed by atoms with Gasteiger partial charge in [0.1, 0.15) is 12.4 Å². The van der Waals surface area contributed by atoms with E-state index in [4.69, 9.17) is 4.74 Å². The van der Waals surface area contributed by atoms with Crippen LogP contribution in [0.15, 0.2) is 72.8 Å². The third-order valence-corrected chi connectivity index (χ3v) is 8.05. The second-order valence-electron chi connectivity index (χ2n) is 9.25. The summed E-state index contributed by atoms with van der Waals surface area (Å²) in [7, 11) is 0. The SMILES string of the molecule is CC(c1ccc2c(c1)CCCN2CCc1ccc(OCc2ccccc2)cc1)C1SC(=O)NC1=O. The lowest BCUT2D eigenvalue weighted by Gasteiger charge is -2.32. The Labute approximate surface area is 210 Å². The molecule has 0 aromatic heterocycles. The summed E-state index contributed by atoms with van der Waals surface area (Å²) in [6.07, 6.45) is 3.13. The van der Waals surface area contributed by atoms with Crippen molar-refractivity contribution in [2.45, 2.75) is 44.0 Å². The predicted octanol–water partition coefficient (Wildman–Crippen LogP) is 5.72. The lowest BCUT2D eigenvalue weighted by Crippen LogP contribution is -2.31. The van der Waals surface area contributed by atoms with E-state index < -0.39 is 0 Å². The molecule has 0 bridgehead atoms. The van der Waals surface area contributed by atoms with E-state index in [1.807, 2.05) is 25.1 Å². The second kappa shape index (κ2) is 10.6. The molecule has 0 saturated carbocycles. The van der Waals surface area contributed by atoms with Crippen LogP contribution in [0, 0.1) is 0 Å². The van der Waals surface area contributed by atoms with Crippen LogP contribution in [0.5, 0.6) is 5.75 Å². The Kier molecular flexibility index (Phi) is 7.09. The van der Waals surface area contributed by atoms with Crippen molar-refractivity contribution in [3.05, 3.63) is 95.1 Å². The van der Waals surface area contributed by atoms with Crippen molar-refractivity contribution < 1.29 is 14.3 Å². The van der Waals surface area contributed by atoms with Crippen LogP contribution < -0.4 is 15.0 Å². The van der Waals surface area contributed by atoms with Gasteiger partial charge in [0.25, 0.3) is 5.24 Å². The number of hydrogen-bond donors (Lipinski definition) is 1. The number of ether oxygens (including phenoxy) is 1. The van der Waals surface area contributed by atoms with Crippen molar-refractivity contribution in [3.63, 3.8) is 0 Å². The summed E-state index contributed by atoms with van der Waals surface area (Å²) in [6, 6.07) is 25.2. The molecule has 3 aromatic rings. The lowest BCUT2D eigenvalue weighted by molar-refractivity contribution is -0.119. The molecule has 1 N–H and O–H groups in total. The van der Waals surface area contributed by atoms with Gasteiger partial charge in [-0.25, -0.2) is 0 Å². The molecule has 2 aliphatic heterocycles. The van der Waals surface area contributed by atoms with E-state index in [0.29, 0.717) is 6.61 Å².